The van der Waals surface area contributed by atoms with Crippen LogP contribution in [0.2, 0.25) is 5.02 Å². The number of oxime groups is 1. The van der Waals surface area contributed by atoms with Crippen LogP contribution in [0.3, 0.4) is 0 Å². The Hall–Kier alpha value is -2.65. The number of aromatic carboxylic acids is 1. The molecule has 2 heterocycles. The topological polar surface area (TPSA) is 110 Å². The predicted octanol–water partition coefficient (Wildman–Crippen LogP) is 3.39. The molecule has 0 spiro atoms. The lowest BCUT2D eigenvalue weighted by atomic mass is 10.1. The van der Waals surface area contributed by atoms with Crippen molar-refractivity contribution in [2.75, 3.05) is 24.5 Å². The van der Waals surface area contributed by atoms with Crippen molar-refractivity contribution in [1.82, 2.24) is 4.57 Å². The molecule has 1 aromatic carbocycles. The van der Waals surface area contributed by atoms with E-state index in [1.165, 1.54) is 0 Å². The highest BCUT2D eigenvalue weighted by atomic mass is 35.5. The fraction of sp³-hybridized carbons (Fsp3) is 0.500. The Morgan fingerprint density at radius 1 is 1.38 bits per heavy atom. The number of hydrogen-bond acceptors (Lipinski definition) is 6. The third-order valence-electron chi connectivity index (χ3n) is 5.60. The van der Waals surface area contributed by atoms with Crippen LogP contribution in [0.15, 0.2) is 22.1 Å². The first-order chi connectivity index (χ1) is 15.0. The molecular formula is C22H26ClFN4O4. The summed E-state index contributed by atoms with van der Waals surface area (Å²) in [7, 11) is 0. The second-order valence-corrected chi connectivity index (χ2v) is 9.72. The standard InChI is InChI=1S/C22H26ClFN4O4/c1-22(2,3)32-26-16-10-27(9-11(16)8-25)20-17(21(30)31)19(29)14-6-12(24)7-15(23)18(14)28(20)13-4-5-13/h6-7,11,13H,4-5,8-10,25H2,1-3H3,(H,30,31). The summed E-state index contributed by atoms with van der Waals surface area (Å²) in [5.74, 6) is -1.97. The second kappa shape index (κ2) is 8.04. The molecule has 2 fully saturated rings. The zero-order chi connectivity index (χ0) is 23.4. The van der Waals surface area contributed by atoms with Gasteiger partial charge in [-0.15, -0.1) is 0 Å². The summed E-state index contributed by atoms with van der Waals surface area (Å²) in [6, 6.07) is 2.16. The van der Waals surface area contributed by atoms with Crippen molar-refractivity contribution in [2.24, 2.45) is 16.8 Å². The fourth-order valence-corrected chi connectivity index (χ4v) is 4.37. The molecule has 1 unspecified atom stereocenters. The van der Waals surface area contributed by atoms with Gasteiger partial charge in [-0.05, 0) is 45.7 Å². The van der Waals surface area contributed by atoms with E-state index in [-0.39, 0.29) is 34.7 Å². The van der Waals surface area contributed by atoms with Gasteiger partial charge in [0.25, 0.3) is 0 Å². The minimum atomic E-state index is -1.37. The van der Waals surface area contributed by atoms with Gasteiger partial charge in [-0.3, -0.25) is 4.79 Å². The molecule has 2 aromatic rings. The fourth-order valence-electron chi connectivity index (χ4n) is 4.07. The maximum absolute atomic E-state index is 14.1. The number of benzene rings is 1. The highest BCUT2D eigenvalue weighted by Gasteiger charge is 2.38. The van der Waals surface area contributed by atoms with Crippen molar-refractivity contribution in [1.29, 1.82) is 0 Å². The van der Waals surface area contributed by atoms with Crippen molar-refractivity contribution in [3.8, 4) is 0 Å². The van der Waals surface area contributed by atoms with Gasteiger partial charge in [0.05, 0.1) is 28.2 Å². The number of nitrogens with zero attached hydrogens (tertiary/aromatic N) is 3. The van der Waals surface area contributed by atoms with E-state index >= 15 is 0 Å². The monoisotopic (exact) mass is 464 g/mol. The number of fused-ring (bicyclic) bond motifs is 1. The Morgan fingerprint density at radius 2 is 2.06 bits per heavy atom. The van der Waals surface area contributed by atoms with Crippen molar-refractivity contribution in [2.45, 2.75) is 45.3 Å². The predicted molar refractivity (Wildman–Crippen MR) is 121 cm³/mol. The maximum Gasteiger partial charge on any atom is 0.343 e. The average Bonchev–Trinajstić information content (AvgIpc) is 3.44. The molecule has 3 N–H and O–H groups in total. The van der Waals surface area contributed by atoms with Gasteiger partial charge in [0.2, 0.25) is 5.43 Å². The van der Waals surface area contributed by atoms with Gasteiger partial charge >= 0.3 is 5.97 Å². The van der Waals surface area contributed by atoms with Crippen molar-refractivity contribution in [3.63, 3.8) is 0 Å². The number of carboxylic acid groups (broad SMARTS) is 1. The Kier molecular flexibility index (Phi) is 5.67. The van der Waals surface area contributed by atoms with Gasteiger partial charge < -0.3 is 25.1 Å². The Balaban J connectivity index is 1.94. The molecule has 2 aliphatic rings. The minimum Gasteiger partial charge on any atom is -0.477 e. The van der Waals surface area contributed by atoms with Crippen LogP contribution in [0, 0.1) is 11.7 Å². The Bertz CT molecular complexity index is 1180. The summed E-state index contributed by atoms with van der Waals surface area (Å²) in [5, 5.41) is 14.3. The van der Waals surface area contributed by atoms with Crippen LogP contribution in [0.4, 0.5) is 10.2 Å². The molecule has 32 heavy (non-hydrogen) atoms. The molecule has 0 radical (unpaired) electrons. The normalized spacial score (nSPS) is 20.4. The van der Waals surface area contributed by atoms with Crippen LogP contribution in [0.5, 0.6) is 0 Å². The summed E-state index contributed by atoms with van der Waals surface area (Å²) in [4.78, 5) is 32.8. The van der Waals surface area contributed by atoms with E-state index in [0.717, 1.165) is 25.0 Å². The van der Waals surface area contributed by atoms with Crippen molar-refractivity contribution < 1.29 is 19.1 Å². The summed E-state index contributed by atoms with van der Waals surface area (Å²) >= 11 is 6.38. The zero-order valence-corrected chi connectivity index (χ0v) is 18.9. The molecule has 1 atom stereocenters. The first-order valence-electron chi connectivity index (χ1n) is 10.5. The minimum absolute atomic E-state index is 0.0303. The van der Waals surface area contributed by atoms with E-state index < -0.39 is 28.4 Å². The van der Waals surface area contributed by atoms with E-state index in [0.29, 0.717) is 24.3 Å². The lowest BCUT2D eigenvalue weighted by Gasteiger charge is -2.27. The van der Waals surface area contributed by atoms with Gasteiger partial charge in [-0.25, -0.2) is 9.18 Å². The first-order valence-corrected chi connectivity index (χ1v) is 10.9. The highest BCUT2D eigenvalue weighted by molar-refractivity contribution is 6.35. The summed E-state index contributed by atoms with van der Waals surface area (Å²) in [5.41, 5.74) is 5.33. The lowest BCUT2D eigenvalue weighted by molar-refractivity contribution is 0.000174. The van der Waals surface area contributed by atoms with Gasteiger partial charge in [0.15, 0.2) is 0 Å². The van der Waals surface area contributed by atoms with Crippen LogP contribution in [0.1, 0.15) is 50.0 Å². The van der Waals surface area contributed by atoms with Crippen molar-refractivity contribution >= 4 is 40.0 Å². The molecule has 1 saturated carbocycles. The van der Waals surface area contributed by atoms with Crippen LogP contribution in [-0.4, -0.2) is 46.6 Å². The van der Waals surface area contributed by atoms with E-state index in [9.17, 15) is 19.1 Å². The summed E-state index contributed by atoms with van der Waals surface area (Å²) < 4.78 is 15.8. The molecule has 1 aromatic heterocycles. The molecule has 1 saturated heterocycles. The van der Waals surface area contributed by atoms with E-state index in [1.54, 1.807) is 9.47 Å². The first kappa shape index (κ1) is 22.5. The highest BCUT2D eigenvalue weighted by Crippen LogP contribution is 2.44. The van der Waals surface area contributed by atoms with Crippen LogP contribution < -0.4 is 16.1 Å². The van der Waals surface area contributed by atoms with Crippen LogP contribution >= 0.6 is 11.6 Å². The van der Waals surface area contributed by atoms with E-state index in [4.69, 9.17) is 22.2 Å². The maximum atomic E-state index is 14.1. The van der Waals surface area contributed by atoms with Crippen LogP contribution in [-0.2, 0) is 4.84 Å². The zero-order valence-electron chi connectivity index (χ0n) is 18.2. The third kappa shape index (κ3) is 4.06. The number of pyridine rings is 1. The molecule has 1 aliphatic carbocycles. The number of hydrogen-bond donors (Lipinski definition) is 2. The van der Waals surface area contributed by atoms with Crippen LogP contribution in [0.25, 0.3) is 10.9 Å². The number of carbonyl (C=O) groups is 1. The Morgan fingerprint density at radius 3 is 2.62 bits per heavy atom. The molecule has 172 valence electrons. The largest absolute Gasteiger partial charge is 0.477 e. The smallest absolute Gasteiger partial charge is 0.343 e. The SMILES string of the molecule is CC(C)(C)ON=C1CN(c2c(C(=O)O)c(=O)c3cc(F)cc(Cl)c3n2C2CC2)CC1CN. The number of anilines is 1. The summed E-state index contributed by atoms with van der Waals surface area (Å²) in [6.45, 7) is 6.55. The number of rotatable bonds is 5. The van der Waals surface area contributed by atoms with Gasteiger partial charge in [0.1, 0.15) is 22.8 Å². The van der Waals surface area contributed by atoms with E-state index in [2.05, 4.69) is 5.16 Å². The lowest BCUT2D eigenvalue weighted by Crippen LogP contribution is -2.32. The number of nitrogens with two attached hydrogens (primary N) is 1. The van der Waals surface area contributed by atoms with Gasteiger partial charge in [-0.1, -0.05) is 16.8 Å². The number of halogens is 2. The molecule has 8 nitrogen and oxygen atoms in total. The molecular weight excluding hydrogens is 439 g/mol. The van der Waals surface area contributed by atoms with Gasteiger partial charge in [0, 0.05) is 25.0 Å². The third-order valence-corrected chi connectivity index (χ3v) is 5.89. The quantitative estimate of drug-likeness (QED) is 0.656. The molecule has 0 bridgehead atoms. The summed E-state index contributed by atoms with van der Waals surface area (Å²) in [6.07, 6.45) is 1.61. The second-order valence-electron chi connectivity index (χ2n) is 9.32. The van der Waals surface area contributed by atoms with Gasteiger partial charge in [-0.2, -0.15) is 0 Å². The Labute approximate surface area is 189 Å². The average molecular weight is 465 g/mol. The molecule has 4 rings (SSSR count). The van der Waals surface area contributed by atoms with Crippen molar-refractivity contribution in [3.05, 3.63) is 38.8 Å². The van der Waals surface area contributed by atoms with E-state index in [1.807, 2.05) is 20.8 Å². The number of carboxylic acids is 1. The molecule has 1 aliphatic heterocycles. The molecule has 10 heteroatoms. The number of aromatic nitrogens is 1. The molecule has 0 amide bonds.